The maximum absolute atomic E-state index is 5.70. The average molecular weight is 348 g/mol. The SMILES string of the molecule is CCCCCCC[N+](C)(C)CCCCl.[I-]. The maximum atomic E-state index is 5.70. The molecule has 0 atom stereocenters. The quantitative estimate of drug-likeness (QED) is 0.249. The van der Waals surface area contributed by atoms with Gasteiger partial charge in [0, 0.05) is 12.3 Å². The van der Waals surface area contributed by atoms with Gasteiger partial charge in [0.25, 0.3) is 0 Å². The first-order chi connectivity index (χ1) is 6.62. The van der Waals surface area contributed by atoms with Crippen molar-refractivity contribution in [2.45, 2.75) is 45.4 Å². The van der Waals surface area contributed by atoms with Gasteiger partial charge in [-0.2, -0.15) is 0 Å². The van der Waals surface area contributed by atoms with Crippen molar-refractivity contribution < 1.29 is 28.5 Å². The molecule has 0 N–H and O–H groups in total. The van der Waals surface area contributed by atoms with Crippen LogP contribution in [0.4, 0.5) is 0 Å². The van der Waals surface area contributed by atoms with Crippen LogP contribution in [-0.2, 0) is 0 Å². The molecule has 0 rings (SSSR count). The molecule has 3 heteroatoms. The highest BCUT2D eigenvalue weighted by Gasteiger charge is 2.12. The van der Waals surface area contributed by atoms with E-state index in [1.807, 2.05) is 0 Å². The van der Waals surface area contributed by atoms with Gasteiger partial charge in [0.2, 0.25) is 0 Å². The molecule has 0 aromatic carbocycles. The fourth-order valence-corrected chi connectivity index (χ4v) is 1.86. The van der Waals surface area contributed by atoms with E-state index in [1.165, 1.54) is 45.2 Å². The predicted octanol–water partition coefficient (Wildman–Crippen LogP) is 0.666. The van der Waals surface area contributed by atoms with E-state index < -0.39 is 0 Å². The molecule has 0 radical (unpaired) electrons. The summed E-state index contributed by atoms with van der Waals surface area (Å²) in [6.45, 7) is 4.79. The van der Waals surface area contributed by atoms with Crippen LogP contribution >= 0.6 is 11.6 Å². The van der Waals surface area contributed by atoms with Crippen molar-refractivity contribution in [3.8, 4) is 0 Å². The standard InChI is InChI=1S/C12H27ClN.HI/c1-4-5-6-7-8-11-14(2,3)12-9-10-13;/h4-12H2,1-3H3;1H/q+1;/p-1. The lowest BCUT2D eigenvalue weighted by atomic mass is 10.1. The maximum Gasteiger partial charge on any atom is 0.0794 e. The molecule has 0 aliphatic carbocycles. The van der Waals surface area contributed by atoms with Crippen LogP contribution in [-0.4, -0.2) is 37.5 Å². The lowest BCUT2D eigenvalue weighted by molar-refractivity contribution is -0.890. The third kappa shape index (κ3) is 12.9. The Morgan fingerprint density at radius 1 is 0.867 bits per heavy atom. The van der Waals surface area contributed by atoms with Crippen molar-refractivity contribution in [1.29, 1.82) is 0 Å². The molecule has 15 heavy (non-hydrogen) atoms. The van der Waals surface area contributed by atoms with Crippen LogP contribution < -0.4 is 24.0 Å². The van der Waals surface area contributed by atoms with Crippen LogP contribution in [0.15, 0.2) is 0 Å². The first-order valence-electron chi connectivity index (χ1n) is 6.00. The summed E-state index contributed by atoms with van der Waals surface area (Å²) in [5.74, 6) is 0.803. The van der Waals surface area contributed by atoms with E-state index in [-0.39, 0.29) is 24.0 Å². The number of quaternary nitrogens is 1. The van der Waals surface area contributed by atoms with Crippen molar-refractivity contribution >= 4 is 11.6 Å². The van der Waals surface area contributed by atoms with Gasteiger partial charge in [0.05, 0.1) is 27.2 Å². The van der Waals surface area contributed by atoms with Crippen molar-refractivity contribution in [3.63, 3.8) is 0 Å². The second-order valence-corrected chi connectivity index (χ2v) is 5.22. The van der Waals surface area contributed by atoms with E-state index in [4.69, 9.17) is 11.6 Å². The second-order valence-electron chi connectivity index (χ2n) is 4.84. The fraction of sp³-hybridized carbons (Fsp3) is 1.00. The normalized spacial score (nSPS) is 11.2. The lowest BCUT2D eigenvalue weighted by Gasteiger charge is -2.29. The Morgan fingerprint density at radius 3 is 1.93 bits per heavy atom. The minimum Gasteiger partial charge on any atom is -1.00 e. The predicted molar refractivity (Wildman–Crippen MR) is 65.9 cm³/mol. The zero-order valence-corrected chi connectivity index (χ0v) is 13.5. The highest BCUT2D eigenvalue weighted by Crippen LogP contribution is 2.07. The van der Waals surface area contributed by atoms with Crippen LogP contribution in [0.25, 0.3) is 0 Å². The van der Waals surface area contributed by atoms with Gasteiger partial charge in [-0.25, -0.2) is 0 Å². The minimum atomic E-state index is 0. The first-order valence-corrected chi connectivity index (χ1v) is 6.54. The van der Waals surface area contributed by atoms with Gasteiger partial charge in [0.1, 0.15) is 0 Å². The summed E-state index contributed by atoms with van der Waals surface area (Å²) in [5, 5.41) is 0. The molecule has 0 aromatic heterocycles. The third-order valence-corrected chi connectivity index (χ3v) is 3.03. The molecule has 0 bridgehead atoms. The van der Waals surface area contributed by atoms with Crippen molar-refractivity contribution in [3.05, 3.63) is 0 Å². The fourth-order valence-electron chi connectivity index (χ4n) is 1.74. The number of unbranched alkanes of at least 4 members (excludes halogenated alkanes) is 4. The minimum absolute atomic E-state index is 0. The van der Waals surface area contributed by atoms with Gasteiger partial charge in [-0.15, -0.1) is 11.6 Å². The summed E-state index contributed by atoms with van der Waals surface area (Å²) < 4.78 is 1.14. The van der Waals surface area contributed by atoms with Crippen molar-refractivity contribution in [1.82, 2.24) is 0 Å². The first kappa shape index (κ1) is 18.3. The number of nitrogens with zero attached hydrogens (tertiary/aromatic N) is 1. The average Bonchev–Trinajstić information content (AvgIpc) is 2.15. The Labute approximate surface area is 118 Å². The van der Waals surface area contributed by atoms with Crippen LogP contribution in [0.3, 0.4) is 0 Å². The largest absolute Gasteiger partial charge is 1.00 e. The van der Waals surface area contributed by atoms with Crippen LogP contribution in [0, 0.1) is 0 Å². The molecule has 0 amide bonds. The lowest BCUT2D eigenvalue weighted by Crippen LogP contribution is -3.00. The van der Waals surface area contributed by atoms with Crippen molar-refractivity contribution in [2.75, 3.05) is 33.1 Å². The van der Waals surface area contributed by atoms with E-state index in [0.29, 0.717) is 0 Å². The molecule has 0 aromatic rings. The van der Waals surface area contributed by atoms with E-state index in [0.717, 1.165) is 16.8 Å². The van der Waals surface area contributed by atoms with Gasteiger partial charge in [0.15, 0.2) is 0 Å². The van der Waals surface area contributed by atoms with Gasteiger partial charge >= 0.3 is 0 Å². The Kier molecular flexibility index (Phi) is 14.0. The molecule has 1 nitrogen and oxygen atoms in total. The zero-order valence-electron chi connectivity index (χ0n) is 10.6. The molecule has 94 valence electrons. The monoisotopic (exact) mass is 347 g/mol. The van der Waals surface area contributed by atoms with Gasteiger partial charge < -0.3 is 28.5 Å². The molecule has 0 aliphatic heterocycles. The Hall–Kier alpha value is 0.980. The van der Waals surface area contributed by atoms with Crippen LogP contribution in [0.2, 0.25) is 0 Å². The number of rotatable bonds is 9. The van der Waals surface area contributed by atoms with Crippen LogP contribution in [0.5, 0.6) is 0 Å². The summed E-state index contributed by atoms with van der Waals surface area (Å²) in [6.07, 6.45) is 8.06. The van der Waals surface area contributed by atoms with Crippen LogP contribution in [0.1, 0.15) is 45.4 Å². The summed E-state index contributed by atoms with van der Waals surface area (Å²) in [6, 6.07) is 0. The van der Waals surface area contributed by atoms with Gasteiger partial charge in [-0.3, -0.25) is 0 Å². The highest BCUT2D eigenvalue weighted by atomic mass is 127. The van der Waals surface area contributed by atoms with Gasteiger partial charge in [-0.05, 0) is 12.8 Å². The van der Waals surface area contributed by atoms with E-state index >= 15 is 0 Å². The molecule has 0 saturated carbocycles. The smallest absolute Gasteiger partial charge is 0.0794 e. The topological polar surface area (TPSA) is 0 Å². The summed E-state index contributed by atoms with van der Waals surface area (Å²) >= 11 is 5.70. The molecule has 0 aliphatic rings. The zero-order chi connectivity index (χ0) is 10.9. The second kappa shape index (κ2) is 11.5. The van der Waals surface area contributed by atoms with Gasteiger partial charge in [-0.1, -0.05) is 26.2 Å². The number of halogens is 2. The molecule has 0 spiro atoms. The number of hydrogen-bond acceptors (Lipinski definition) is 0. The Morgan fingerprint density at radius 2 is 1.40 bits per heavy atom. The van der Waals surface area contributed by atoms with Crippen molar-refractivity contribution in [2.24, 2.45) is 0 Å². The molecular weight excluding hydrogens is 320 g/mol. The highest BCUT2D eigenvalue weighted by molar-refractivity contribution is 6.17. The van der Waals surface area contributed by atoms with E-state index in [9.17, 15) is 0 Å². The van der Waals surface area contributed by atoms with E-state index in [2.05, 4.69) is 21.0 Å². The third-order valence-electron chi connectivity index (χ3n) is 2.76. The molecule has 0 saturated heterocycles. The summed E-state index contributed by atoms with van der Waals surface area (Å²) in [7, 11) is 4.62. The number of hydrogen-bond donors (Lipinski definition) is 0. The Bertz CT molecular complexity index is 129. The molecule has 0 unspecified atom stereocenters. The summed E-state index contributed by atoms with van der Waals surface area (Å²) in [5.41, 5.74) is 0. The summed E-state index contributed by atoms with van der Waals surface area (Å²) in [4.78, 5) is 0. The van der Waals surface area contributed by atoms with E-state index in [1.54, 1.807) is 0 Å². The molecular formula is C12H27ClIN. The number of alkyl halides is 1. The molecule has 0 heterocycles. The molecule has 0 fully saturated rings. The Balaban J connectivity index is 0.